The lowest BCUT2D eigenvalue weighted by Crippen LogP contribution is -2.22. The average Bonchev–Trinajstić information content (AvgIpc) is 2.74. The first-order valence-electron chi connectivity index (χ1n) is 10.5. The lowest BCUT2D eigenvalue weighted by Gasteiger charge is -2.29. The molecule has 2 rings (SSSR count). The maximum Gasteiger partial charge on any atom is 0.357 e. The molecule has 0 aliphatic heterocycles. The number of nitro groups is 1. The lowest BCUT2D eigenvalue weighted by atomic mass is 10.1. The van der Waals surface area contributed by atoms with Crippen molar-refractivity contribution < 1.29 is 18.5 Å². The van der Waals surface area contributed by atoms with E-state index >= 15 is 0 Å². The summed E-state index contributed by atoms with van der Waals surface area (Å²) in [5, 5.41) is 14.5. The monoisotopic (exact) mass is 449 g/mol. The highest BCUT2D eigenvalue weighted by molar-refractivity contribution is 7.54. The number of hydrogen-bond donors (Lipinski definition) is 1. The summed E-state index contributed by atoms with van der Waals surface area (Å²) in [6.45, 7) is 11.5. The Balaban J connectivity index is 2.50. The number of nitrogens with zero attached hydrogens (tertiary/aromatic N) is 2. The molecule has 2 aromatic carbocycles. The van der Waals surface area contributed by atoms with Gasteiger partial charge in [-0.3, -0.25) is 14.7 Å². The van der Waals surface area contributed by atoms with Gasteiger partial charge in [0.25, 0.3) is 5.69 Å². The third kappa shape index (κ3) is 6.06. The van der Waals surface area contributed by atoms with Crippen molar-refractivity contribution >= 4 is 24.7 Å². The molecule has 8 nitrogen and oxygen atoms in total. The number of nitrogens with one attached hydrogen (secondary N) is 1. The molecule has 0 spiro atoms. The largest absolute Gasteiger partial charge is 0.372 e. The highest BCUT2D eigenvalue weighted by Crippen LogP contribution is 2.61. The summed E-state index contributed by atoms with van der Waals surface area (Å²) in [5.74, 6) is -0.819. The van der Waals surface area contributed by atoms with Crippen molar-refractivity contribution in [3.63, 3.8) is 0 Å². The van der Waals surface area contributed by atoms with E-state index in [0.29, 0.717) is 16.8 Å². The van der Waals surface area contributed by atoms with Gasteiger partial charge in [-0.25, -0.2) is 0 Å². The fraction of sp³-hybridized carbons (Fsp3) is 0.455. The molecule has 1 atom stereocenters. The van der Waals surface area contributed by atoms with E-state index in [1.165, 1.54) is 6.07 Å². The highest BCUT2D eigenvalue weighted by Gasteiger charge is 2.37. The summed E-state index contributed by atoms with van der Waals surface area (Å²) in [6.07, 6.45) is 0. The number of anilines is 2. The van der Waals surface area contributed by atoms with Crippen LogP contribution in [0.2, 0.25) is 0 Å². The first-order chi connectivity index (χ1) is 14.8. The molecule has 0 fully saturated rings. The number of rotatable bonds is 12. The van der Waals surface area contributed by atoms with E-state index < -0.39 is 18.3 Å². The number of benzene rings is 2. The lowest BCUT2D eigenvalue weighted by molar-refractivity contribution is -0.385. The Hall–Kier alpha value is -2.41. The Morgan fingerprint density at radius 3 is 2.10 bits per heavy atom. The van der Waals surface area contributed by atoms with Crippen LogP contribution in [-0.4, -0.2) is 31.2 Å². The molecule has 0 aliphatic rings. The minimum atomic E-state index is -3.61. The molecular formula is C22H32N3O5P. The van der Waals surface area contributed by atoms with Gasteiger partial charge in [-0.05, 0) is 58.4 Å². The van der Waals surface area contributed by atoms with Gasteiger partial charge in [0, 0.05) is 36.1 Å². The van der Waals surface area contributed by atoms with Gasteiger partial charge in [0.05, 0.1) is 18.1 Å². The quantitative estimate of drug-likeness (QED) is 0.237. The zero-order chi connectivity index (χ0) is 23.0. The number of nitro benzene ring substituents is 1. The van der Waals surface area contributed by atoms with E-state index in [0.717, 1.165) is 18.8 Å². The Bertz CT molecular complexity index is 906. The van der Waals surface area contributed by atoms with Crippen LogP contribution >= 0.6 is 7.60 Å². The molecule has 0 saturated carbocycles. The summed E-state index contributed by atoms with van der Waals surface area (Å²) in [7, 11) is -3.61. The molecule has 0 bridgehead atoms. The van der Waals surface area contributed by atoms with Gasteiger partial charge in [0.15, 0.2) is 5.78 Å². The second kappa shape index (κ2) is 11.3. The van der Waals surface area contributed by atoms with Gasteiger partial charge < -0.3 is 19.3 Å². The van der Waals surface area contributed by atoms with E-state index in [4.69, 9.17) is 9.05 Å². The fourth-order valence-corrected chi connectivity index (χ4v) is 5.34. The van der Waals surface area contributed by atoms with E-state index in [2.05, 4.69) is 24.1 Å². The fourth-order valence-electron chi connectivity index (χ4n) is 3.40. The van der Waals surface area contributed by atoms with Crippen LogP contribution in [0.25, 0.3) is 0 Å². The van der Waals surface area contributed by atoms with Gasteiger partial charge in [-0.2, -0.15) is 0 Å². The molecule has 2 aromatic rings. The molecule has 0 heterocycles. The van der Waals surface area contributed by atoms with Crippen molar-refractivity contribution in [3.8, 4) is 0 Å². The SMILES string of the molecule is CCOP(=O)(OCC)C(Nc1ccc(C)c([N+](=O)[O-])c1)c1ccc(N(CC)CC)cc1. The molecule has 0 aliphatic carbocycles. The zero-order valence-corrected chi connectivity index (χ0v) is 19.7. The first kappa shape index (κ1) is 24.9. The smallest absolute Gasteiger partial charge is 0.357 e. The van der Waals surface area contributed by atoms with Crippen molar-refractivity contribution in [2.45, 2.75) is 40.4 Å². The van der Waals surface area contributed by atoms with Crippen LogP contribution in [0.15, 0.2) is 42.5 Å². The summed E-state index contributed by atoms with van der Waals surface area (Å²) in [4.78, 5) is 13.1. The van der Waals surface area contributed by atoms with Crippen LogP contribution in [-0.2, 0) is 13.6 Å². The second-order valence-corrected chi connectivity index (χ2v) is 9.06. The Morgan fingerprint density at radius 1 is 1.03 bits per heavy atom. The van der Waals surface area contributed by atoms with Crippen LogP contribution in [0.4, 0.5) is 17.1 Å². The topological polar surface area (TPSA) is 93.9 Å². The zero-order valence-electron chi connectivity index (χ0n) is 18.8. The van der Waals surface area contributed by atoms with E-state index in [9.17, 15) is 14.7 Å². The van der Waals surface area contributed by atoms with Gasteiger partial charge in [-0.1, -0.05) is 18.2 Å². The predicted octanol–water partition coefficient (Wildman–Crippen LogP) is 6.13. The normalized spacial score (nSPS) is 12.4. The van der Waals surface area contributed by atoms with Crippen LogP contribution in [0.3, 0.4) is 0 Å². The third-order valence-corrected chi connectivity index (χ3v) is 7.28. The molecule has 1 N–H and O–H groups in total. The minimum absolute atomic E-state index is 0.0108. The average molecular weight is 449 g/mol. The summed E-state index contributed by atoms with van der Waals surface area (Å²) in [6, 6.07) is 12.5. The standard InChI is InChI=1S/C22H32N3O5P/c1-6-24(7-2)20-14-11-18(12-15-20)22(31(28,29-8-3)30-9-4)23-19-13-10-17(5)21(16-19)25(26)27/h10-16,22-23H,6-9H2,1-5H3. The third-order valence-electron chi connectivity index (χ3n) is 4.98. The van der Waals surface area contributed by atoms with Crippen LogP contribution in [0, 0.1) is 17.0 Å². The molecule has 0 radical (unpaired) electrons. The van der Waals surface area contributed by atoms with Crippen molar-refractivity contribution in [2.24, 2.45) is 0 Å². The van der Waals surface area contributed by atoms with E-state index in [1.54, 1.807) is 32.9 Å². The summed E-state index contributed by atoms with van der Waals surface area (Å²) < 4.78 is 24.9. The molecule has 1 unspecified atom stereocenters. The van der Waals surface area contributed by atoms with Gasteiger partial charge in [0.1, 0.15) is 0 Å². The maximum atomic E-state index is 13.7. The summed E-state index contributed by atoms with van der Waals surface area (Å²) in [5.41, 5.74) is 2.78. The van der Waals surface area contributed by atoms with E-state index in [-0.39, 0.29) is 18.9 Å². The Labute approximate surface area is 184 Å². The molecule has 31 heavy (non-hydrogen) atoms. The van der Waals surface area contributed by atoms with Gasteiger partial charge in [-0.15, -0.1) is 0 Å². The minimum Gasteiger partial charge on any atom is -0.372 e. The van der Waals surface area contributed by atoms with Crippen molar-refractivity contribution in [1.82, 2.24) is 0 Å². The number of hydrogen-bond acceptors (Lipinski definition) is 7. The molecule has 0 amide bonds. The van der Waals surface area contributed by atoms with Crippen molar-refractivity contribution in [3.05, 3.63) is 63.7 Å². The molecular weight excluding hydrogens is 417 g/mol. The number of aryl methyl sites for hydroxylation is 1. The molecule has 9 heteroatoms. The van der Waals surface area contributed by atoms with Crippen molar-refractivity contribution in [2.75, 3.05) is 36.5 Å². The maximum absolute atomic E-state index is 13.7. The first-order valence-corrected chi connectivity index (χ1v) is 12.2. The second-order valence-electron chi connectivity index (χ2n) is 6.94. The van der Waals surface area contributed by atoms with Gasteiger partial charge >= 0.3 is 7.60 Å². The van der Waals surface area contributed by atoms with Gasteiger partial charge in [0.2, 0.25) is 0 Å². The molecule has 0 saturated heterocycles. The van der Waals surface area contributed by atoms with E-state index in [1.807, 2.05) is 24.3 Å². The predicted molar refractivity (Wildman–Crippen MR) is 125 cm³/mol. The Morgan fingerprint density at radius 2 is 1.61 bits per heavy atom. The molecule has 0 aromatic heterocycles. The highest BCUT2D eigenvalue weighted by atomic mass is 31.2. The van der Waals surface area contributed by atoms with Crippen LogP contribution in [0.5, 0.6) is 0 Å². The summed E-state index contributed by atoms with van der Waals surface area (Å²) >= 11 is 0. The Kier molecular flexibility index (Phi) is 9.04. The van der Waals surface area contributed by atoms with Crippen LogP contribution in [0.1, 0.15) is 44.6 Å². The van der Waals surface area contributed by atoms with Crippen LogP contribution < -0.4 is 10.2 Å². The van der Waals surface area contributed by atoms with Crippen molar-refractivity contribution in [1.29, 1.82) is 0 Å². The molecule has 170 valence electrons.